The Morgan fingerprint density at radius 3 is 2.62 bits per heavy atom. The third-order valence-electron chi connectivity index (χ3n) is 4.31. The maximum atomic E-state index is 12.1. The quantitative estimate of drug-likeness (QED) is 0.458. The second-order valence-corrected chi connectivity index (χ2v) is 6.14. The van der Waals surface area contributed by atoms with E-state index in [2.05, 4.69) is 20.8 Å². The minimum absolute atomic E-state index is 0.113. The van der Waals surface area contributed by atoms with Gasteiger partial charge in [0.15, 0.2) is 0 Å². The van der Waals surface area contributed by atoms with E-state index in [-0.39, 0.29) is 17.8 Å². The number of nitrogens with zero attached hydrogens (tertiary/aromatic N) is 1. The maximum absolute atomic E-state index is 12.1. The van der Waals surface area contributed by atoms with E-state index in [1.54, 1.807) is 0 Å². The normalized spacial score (nSPS) is 19.9. The van der Waals surface area contributed by atoms with Crippen molar-refractivity contribution in [1.82, 2.24) is 4.90 Å². The molecular weight excluding hydrogens is 266 g/mol. The van der Waals surface area contributed by atoms with Crippen molar-refractivity contribution in [3.8, 4) is 0 Å². The number of hydrogen-bond acceptors (Lipinski definition) is 3. The molecule has 1 saturated heterocycles. The second kappa shape index (κ2) is 9.80. The number of carbonyl (C=O) groups excluding carboxylic acids is 2. The summed E-state index contributed by atoms with van der Waals surface area (Å²) in [5, 5.41) is 0. The van der Waals surface area contributed by atoms with E-state index < -0.39 is 0 Å². The van der Waals surface area contributed by atoms with Crippen LogP contribution >= 0.6 is 0 Å². The van der Waals surface area contributed by atoms with Crippen molar-refractivity contribution < 1.29 is 14.3 Å². The van der Waals surface area contributed by atoms with Crippen LogP contribution in [-0.4, -0.2) is 36.5 Å². The van der Waals surface area contributed by atoms with Crippen LogP contribution in [0.2, 0.25) is 0 Å². The van der Waals surface area contributed by atoms with Gasteiger partial charge in [-0.3, -0.25) is 9.59 Å². The number of esters is 1. The molecular formula is C17H31NO3. The largest absolute Gasteiger partial charge is 0.465 e. The molecule has 0 N–H and O–H groups in total. The highest BCUT2D eigenvalue weighted by molar-refractivity contribution is 5.86. The summed E-state index contributed by atoms with van der Waals surface area (Å²) in [6, 6.07) is 0. The van der Waals surface area contributed by atoms with Crippen LogP contribution in [0.15, 0.2) is 0 Å². The van der Waals surface area contributed by atoms with E-state index in [1.165, 1.54) is 19.3 Å². The summed E-state index contributed by atoms with van der Waals surface area (Å²) >= 11 is 0. The third kappa shape index (κ3) is 6.06. The molecule has 122 valence electrons. The Kier molecular flexibility index (Phi) is 8.40. The van der Waals surface area contributed by atoms with Crippen molar-refractivity contribution in [2.75, 3.05) is 19.7 Å². The van der Waals surface area contributed by atoms with Gasteiger partial charge in [-0.2, -0.15) is 0 Å². The van der Waals surface area contributed by atoms with Gasteiger partial charge in [0.2, 0.25) is 5.91 Å². The Bertz CT molecular complexity index is 330. The highest BCUT2D eigenvalue weighted by Gasteiger charge is 2.35. The molecule has 0 aliphatic carbocycles. The molecule has 0 saturated carbocycles. The molecule has 0 aromatic carbocycles. The van der Waals surface area contributed by atoms with Crippen LogP contribution in [0, 0.1) is 11.8 Å². The summed E-state index contributed by atoms with van der Waals surface area (Å²) in [4.78, 5) is 25.9. The fraction of sp³-hybridized carbons (Fsp3) is 0.882. The molecule has 1 heterocycles. The first-order valence-electron chi connectivity index (χ1n) is 8.56. The summed E-state index contributed by atoms with van der Waals surface area (Å²) < 4.78 is 5.24. The first-order valence-corrected chi connectivity index (χ1v) is 8.56. The lowest BCUT2D eigenvalue weighted by Crippen LogP contribution is -2.31. The van der Waals surface area contributed by atoms with Gasteiger partial charge in [0.05, 0.1) is 12.5 Å². The Morgan fingerprint density at radius 1 is 1.29 bits per heavy atom. The standard InChI is InChI=1S/C17H31NO3/c1-4-7-9-14(6-3)12-18-13-15(11-16(18)19)17(20)21-10-8-5-2/h14-15H,4-13H2,1-3H3. The van der Waals surface area contributed by atoms with Gasteiger partial charge in [-0.15, -0.1) is 0 Å². The minimum atomic E-state index is -0.252. The van der Waals surface area contributed by atoms with Crippen LogP contribution in [-0.2, 0) is 14.3 Å². The van der Waals surface area contributed by atoms with E-state index in [0.29, 0.717) is 25.5 Å². The zero-order valence-electron chi connectivity index (χ0n) is 13.9. The monoisotopic (exact) mass is 297 g/mol. The Hall–Kier alpha value is -1.06. The summed E-state index contributed by atoms with van der Waals surface area (Å²) in [6.07, 6.45) is 6.90. The lowest BCUT2D eigenvalue weighted by Gasteiger charge is -2.23. The minimum Gasteiger partial charge on any atom is -0.465 e. The number of carbonyl (C=O) groups is 2. The van der Waals surface area contributed by atoms with Crippen LogP contribution in [0.25, 0.3) is 0 Å². The number of amides is 1. The van der Waals surface area contributed by atoms with E-state index >= 15 is 0 Å². The van der Waals surface area contributed by atoms with Crippen molar-refractivity contribution in [3.05, 3.63) is 0 Å². The highest BCUT2D eigenvalue weighted by Crippen LogP contribution is 2.23. The fourth-order valence-electron chi connectivity index (χ4n) is 2.77. The first kappa shape index (κ1) is 18.0. The Balaban J connectivity index is 2.40. The predicted molar refractivity (Wildman–Crippen MR) is 83.9 cm³/mol. The van der Waals surface area contributed by atoms with E-state index in [9.17, 15) is 9.59 Å². The molecule has 4 heteroatoms. The zero-order chi connectivity index (χ0) is 15.7. The molecule has 0 radical (unpaired) electrons. The van der Waals surface area contributed by atoms with Gasteiger partial charge >= 0.3 is 5.97 Å². The molecule has 2 unspecified atom stereocenters. The Morgan fingerprint density at radius 2 is 2.00 bits per heavy atom. The average molecular weight is 297 g/mol. The second-order valence-electron chi connectivity index (χ2n) is 6.14. The molecule has 1 rings (SSSR count). The molecule has 2 atom stereocenters. The molecule has 1 amide bonds. The SMILES string of the molecule is CCCCOC(=O)C1CC(=O)N(CC(CC)CCCC)C1. The van der Waals surface area contributed by atoms with Gasteiger partial charge in [0.25, 0.3) is 0 Å². The van der Waals surface area contributed by atoms with Gasteiger partial charge < -0.3 is 9.64 Å². The average Bonchev–Trinajstić information content (AvgIpc) is 2.84. The van der Waals surface area contributed by atoms with Crippen LogP contribution < -0.4 is 0 Å². The molecule has 0 spiro atoms. The molecule has 0 bridgehead atoms. The van der Waals surface area contributed by atoms with Crippen molar-refractivity contribution in [3.63, 3.8) is 0 Å². The molecule has 4 nitrogen and oxygen atoms in total. The van der Waals surface area contributed by atoms with Crippen molar-refractivity contribution in [2.24, 2.45) is 11.8 Å². The lowest BCUT2D eigenvalue weighted by molar-refractivity contribution is -0.148. The zero-order valence-corrected chi connectivity index (χ0v) is 13.9. The number of hydrogen-bond donors (Lipinski definition) is 0. The van der Waals surface area contributed by atoms with Gasteiger partial charge in [-0.05, 0) is 18.8 Å². The van der Waals surface area contributed by atoms with Crippen molar-refractivity contribution in [1.29, 1.82) is 0 Å². The summed E-state index contributed by atoms with van der Waals surface area (Å²) in [7, 11) is 0. The first-order chi connectivity index (χ1) is 10.1. The molecule has 0 aromatic heterocycles. The van der Waals surface area contributed by atoms with Gasteiger partial charge in [-0.25, -0.2) is 0 Å². The third-order valence-corrected chi connectivity index (χ3v) is 4.31. The number of likely N-dealkylation sites (tertiary alicyclic amines) is 1. The molecule has 1 aliphatic rings. The maximum Gasteiger partial charge on any atom is 0.311 e. The summed E-state index contributed by atoms with van der Waals surface area (Å²) in [5.41, 5.74) is 0. The summed E-state index contributed by atoms with van der Waals surface area (Å²) in [6.45, 7) is 8.26. The lowest BCUT2D eigenvalue weighted by atomic mass is 9.99. The van der Waals surface area contributed by atoms with Crippen LogP contribution in [0.4, 0.5) is 0 Å². The molecule has 0 aromatic rings. The van der Waals surface area contributed by atoms with Gasteiger partial charge in [0.1, 0.15) is 0 Å². The van der Waals surface area contributed by atoms with Gasteiger partial charge in [0, 0.05) is 19.5 Å². The smallest absolute Gasteiger partial charge is 0.311 e. The van der Waals surface area contributed by atoms with E-state index in [4.69, 9.17) is 4.74 Å². The van der Waals surface area contributed by atoms with Crippen molar-refractivity contribution in [2.45, 2.75) is 65.7 Å². The Labute approximate surface area is 129 Å². The fourth-order valence-corrected chi connectivity index (χ4v) is 2.77. The van der Waals surface area contributed by atoms with Crippen LogP contribution in [0.5, 0.6) is 0 Å². The number of rotatable bonds is 10. The van der Waals surface area contributed by atoms with Crippen LogP contribution in [0.1, 0.15) is 65.7 Å². The predicted octanol–water partition coefficient (Wildman–Crippen LogP) is 3.39. The van der Waals surface area contributed by atoms with Gasteiger partial charge in [-0.1, -0.05) is 46.5 Å². The van der Waals surface area contributed by atoms with Crippen molar-refractivity contribution >= 4 is 11.9 Å². The topological polar surface area (TPSA) is 46.6 Å². The highest BCUT2D eigenvalue weighted by atomic mass is 16.5. The van der Waals surface area contributed by atoms with E-state index in [0.717, 1.165) is 25.8 Å². The van der Waals surface area contributed by atoms with Crippen LogP contribution in [0.3, 0.4) is 0 Å². The number of ether oxygens (including phenoxy) is 1. The number of unbranched alkanes of at least 4 members (excludes halogenated alkanes) is 2. The molecule has 1 aliphatic heterocycles. The summed E-state index contributed by atoms with van der Waals surface area (Å²) in [5.74, 6) is 0.227. The van der Waals surface area contributed by atoms with E-state index in [1.807, 2.05) is 4.90 Å². The molecule has 1 fully saturated rings. The molecule has 21 heavy (non-hydrogen) atoms.